The molecule has 1 aromatic carbocycles. The van der Waals surface area contributed by atoms with E-state index in [1.165, 1.54) is 18.2 Å². The Bertz CT molecular complexity index is 513. The zero-order chi connectivity index (χ0) is 14.4. The van der Waals surface area contributed by atoms with Crippen molar-refractivity contribution in [3.05, 3.63) is 49.9 Å². The summed E-state index contributed by atoms with van der Waals surface area (Å²) in [6.07, 6.45) is -2.33. The normalized spacial score (nSPS) is 13.4. The highest BCUT2D eigenvalue weighted by Gasteiger charge is 2.21. The van der Waals surface area contributed by atoms with E-state index in [1.807, 2.05) is 0 Å². The van der Waals surface area contributed by atoms with Crippen LogP contribution >= 0.6 is 0 Å². The molecule has 0 spiro atoms. The molecule has 19 heavy (non-hydrogen) atoms. The van der Waals surface area contributed by atoms with E-state index in [-0.39, 0.29) is 18.7 Å². The fourth-order valence-corrected chi connectivity index (χ4v) is 1.66. The minimum Gasteiger partial charge on any atom is -0.390 e. The summed E-state index contributed by atoms with van der Waals surface area (Å²) < 4.78 is 0. The molecule has 0 amide bonds. The second kappa shape index (κ2) is 6.69. The van der Waals surface area contributed by atoms with Crippen LogP contribution in [0.15, 0.2) is 23.3 Å². The molecule has 102 valence electrons. The van der Waals surface area contributed by atoms with Crippen LogP contribution in [0.3, 0.4) is 0 Å². The molecule has 1 aromatic rings. The quantitative estimate of drug-likeness (QED) is 0.268. The van der Waals surface area contributed by atoms with Crippen LogP contribution in [0, 0.1) is 17.0 Å². The zero-order valence-electron chi connectivity index (χ0n) is 10.3. The Labute approximate surface area is 109 Å². The summed E-state index contributed by atoms with van der Waals surface area (Å²) in [6, 6.07) is 4.07. The van der Waals surface area contributed by atoms with Gasteiger partial charge in [-0.05, 0) is 30.0 Å². The summed E-state index contributed by atoms with van der Waals surface area (Å²) in [5.41, 5.74) is 8.90. The first-order chi connectivity index (χ1) is 8.97. The van der Waals surface area contributed by atoms with Crippen molar-refractivity contribution in [2.45, 2.75) is 25.6 Å². The number of hydrogen-bond acceptors (Lipinski definition) is 5. The van der Waals surface area contributed by atoms with Crippen LogP contribution < -0.4 is 0 Å². The van der Waals surface area contributed by atoms with Gasteiger partial charge in [-0.1, -0.05) is 11.2 Å². The van der Waals surface area contributed by atoms with Gasteiger partial charge < -0.3 is 10.2 Å². The number of non-ortho nitro benzene ring substituents is 1. The first-order valence-corrected chi connectivity index (χ1v) is 5.59. The van der Waals surface area contributed by atoms with Crippen molar-refractivity contribution in [3.63, 3.8) is 0 Å². The van der Waals surface area contributed by atoms with E-state index in [9.17, 15) is 20.3 Å². The third kappa shape index (κ3) is 3.92. The van der Waals surface area contributed by atoms with Gasteiger partial charge in [0.15, 0.2) is 0 Å². The lowest BCUT2D eigenvalue weighted by Crippen LogP contribution is -2.20. The third-order valence-corrected chi connectivity index (χ3v) is 2.74. The number of azide groups is 1. The summed E-state index contributed by atoms with van der Waals surface area (Å²) in [7, 11) is 0. The molecule has 0 saturated carbocycles. The minimum atomic E-state index is -1.26. The monoisotopic (exact) mass is 266 g/mol. The molecule has 0 radical (unpaired) electrons. The fourth-order valence-electron chi connectivity index (χ4n) is 1.66. The lowest BCUT2D eigenvalue weighted by atomic mass is 9.97. The van der Waals surface area contributed by atoms with E-state index >= 15 is 0 Å². The van der Waals surface area contributed by atoms with Crippen molar-refractivity contribution in [1.82, 2.24) is 0 Å². The van der Waals surface area contributed by atoms with Crippen molar-refractivity contribution < 1.29 is 15.1 Å². The van der Waals surface area contributed by atoms with E-state index in [1.54, 1.807) is 6.92 Å². The van der Waals surface area contributed by atoms with Gasteiger partial charge in [0, 0.05) is 23.6 Å². The topological polar surface area (TPSA) is 132 Å². The van der Waals surface area contributed by atoms with Crippen LogP contribution in [-0.4, -0.2) is 27.8 Å². The van der Waals surface area contributed by atoms with Crippen LogP contribution in [0.4, 0.5) is 5.69 Å². The summed E-state index contributed by atoms with van der Waals surface area (Å²) >= 11 is 0. The molecule has 0 heterocycles. The van der Waals surface area contributed by atoms with Gasteiger partial charge in [0.1, 0.15) is 6.10 Å². The molecule has 0 aliphatic rings. The molecule has 8 heteroatoms. The van der Waals surface area contributed by atoms with Gasteiger partial charge in [0.2, 0.25) is 0 Å². The molecule has 0 bridgehead atoms. The summed E-state index contributed by atoms with van der Waals surface area (Å²) in [4.78, 5) is 12.6. The molecule has 8 nitrogen and oxygen atoms in total. The number of aliphatic hydroxyl groups is 2. The minimum absolute atomic E-state index is 0.0443. The fraction of sp³-hybridized carbons (Fsp3) is 0.455. The smallest absolute Gasteiger partial charge is 0.269 e. The number of nitro groups is 1. The number of aliphatic hydroxyl groups excluding tert-OH is 2. The Kier molecular flexibility index (Phi) is 5.25. The highest BCUT2D eigenvalue weighted by Crippen LogP contribution is 2.26. The van der Waals surface area contributed by atoms with Gasteiger partial charge in [0.05, 0.1) is 11.0 Å². The number of hydrogen-bond donors (Lipinski definition) is 2. The second-order valence-electron chi connectivity index (χ2n) is 4.05. The molecule has 2 N–H and O–H groups in total. The average molecular weight is 266 g/mol. The highest BCUT2D eigenvalue weighted by molar-refractivity contribution is 5.40. The van der Waals surface area contributed by atoms with Crippen LogP contribution in [0.1, 0.15) is 23.7 Å². The van der Waals surface area contributed by atoms with Crippen LogP contribution in [0.25, 0.3) is 10.4 Å². The maximum absolute atomic E-state index is 10.7. The van der Waals surface area contributed by atoms with Gasteiger partial charge in [-0.25, -0.2) is 0 Å². The van der Waals surface area contributed by atoms with Gasteiger partial charge >= 0.3 is 0 Å². The van der Waals surface area contributed by atoms with Crippen molar-refractivity contribution in [2.75, 3.05) is 6.54 Å². The zero-order valence-corrected chi connectivity index (χ0v) is 10.3. The lowest BCUT2D eigenvalue weighted by Gasteiger charge is -2.19. The van der Waals surface area contributed by atoms with E-state index in [0.29, 0.717) is 11.1 Å². The maximum atomic E-state index is 10.7. The Morgan fingerprint density at radius 3 is 2.79 bits per heavy atom. The summed E-state index contributed by atoms with van der Waals surface area (Å²) in [5.74, 6) is 0. The predicted molar refractivity (Wildman–Crippen MR) is 67.4 cm³/mol. The molecule has 0 aliphatic heterocycles. The highest BCUT2D eigenvalue weighted by atomic mass is 16.6. The van der Waals surface area contributed by atoms with E-state index < -0.39 is 17.1 Å². The number of benzene rings is 1. The number of nitrogens with zero attached hydrogens (tertiary/aromatic N) is 4. The van der Waals surface area contributed by atoms with Gasteiger partial charge in [-0.2, -0.15) is 0 Å². The third-order valence-electron chi connectivity index (χ3n) is 2.74. The first-order valence-electron chi connectivity index (χ1n) is 5.59. The molecule has 2 unspecified atom stereocenters. The maximum Gasteiger partial charge on any atom is 0.269 e. The summed E-state index contributed by atoms with van der Waals surface area (Å²) in [6.45, 7) is 1.73. The molecule has 0 saturated heterocycles. The second-order valence-corrected chi connectivity index (χ2v) is 4.05. The number of rotatable bonds is 6. The Morgan fingerprint density at radius 1 is 1.53 bits per heavy atom. The van der Waals surface area contributed by atoms with E-state index in [4.69, 9.17) is 5.53 Å². The van der Waals surface area contributed by atoms with Crippen molar-refractivity contribution in [3.8, 4) is 0 Å². The Hall–Kier alpha value is -2.15. The molecule has 0 aromatic heterocycles. The molecule has 1 rings (SSSR count). The average Bonchev–Trinajstić information content (AvgIpc) is 2.38. The molecule has 2 atom stereocenters. The van der Waals surface area contributed by atoms with Gasteiger partial charge in [0.25, 0.3) is 5.69 Å². The number of nitro benzene ring substituents is 1. The van der Waals surface area contributed by atoms with Crippen molar-refractivity contribution >= 4 is 5.69 Å². The molecular weight excluding hydrogens is 252 g/mol. The lowest BCUT2D eigenvalue weighted by molar-refractivity contribution is -0.385. The predicted octanol–water partition coefficient (Wildman–Crippen LogP) is 2.00. The molecule has 0 aliphatic carbocycles. The molecule has 0 fully saturated rings. The number of aryl methyl sites for hydroxylation is 1. The Balaban J connectivity index is 2.91. The van der Waals surface area contributed by atoms with Crippen LogP contribution in [0.5, 0.6) is 0 Å². The first kappa shape index (κ1) is 14.9. The largest absolute Gasteiger partial charge is 0.390 e. The van der Waals surface area contributed by atoms with Crippen LogP contribution in [0.2, 0.25) is 0 Å². The van der Waals surface area contributed by atoms with Gasteiger partial charge in [-0.3, -0.25) is 10.1 Å². The van der Waals surface area contributed by atoms with E-state index in [2.05, 4.69) is 10.0 Å². The van der Waals surface area contributed by atoms with Crippen molar-refractivity contribution in [2.24, 2.45) is 5.11 Å². The SMILES string of the molecule is Cc1ccc([N+](=O)[O-])cc1C(O)C(O)CCN=[N+]=[N-]. The van der Waals surface area contributed by atoms with Crippen LogP contribution in [-0.2, 0) is 0 Å². The molecular formula is C11H14N4O4. The standard InChI is InChI=1S/C11H14N4O4/c1-7-2-3-8(15(18)19)6-9(7)11(17)10(16)4-5-13-14-12/h2-3,6,10-11,16-17H,4-5H2,1H3. The summed E-state index contributed by atoms with van der Waals surface area (Å²) in [5, 5.41) is 33.6. The van der Waals surface area contributed by atoms with Crippen molar-refractivity contribution in [1.29, 1.82) is 0 Å². The van der Waals surface area contributed by atoms with Gasteiger partial charge in [-0.15, -0.1) is 0 Å². The Morgan fingerprint density at radius 2 is 2.21 bits per heavy atom. The van der Waals surface area contributed by atoms with E-state index in [0.717, 1.165) is 0 Å².